The van der Waals surface area contributed by atoms with E-state index in [2.05, 4.69) is 60.7 Å². The van der Waals surface area contributed by atoms with E-state index in [-0.39, 0.29) is 24.0 Å². The lowest BCUT2D eigenvalue weighted by Crippen LogP contribution is -2.38. The van der Waals surface area contributed by atoms with Crippen molar-refractivity contribution in [3.63, 3.8) is 0 Å². The maximum absolute atomic E-state index is 5.70. The summed E-state index contributed by atoms with van der Waals surface area (Å²) in [5, 5.41) is 6.73. The van der Waals surface area contributed by atoms with Crippen molar-refractivity contribution in [1.29, 1.82) is 0 Å². The standard InChI is InChI=1S/C18H29N3O.HI/c1-4-19-18(21-16-7-8-16)20-12-11-15-5-9-17(10-6-15)22-13-14(2)3;/h5-6,9-10,14,16H,4,7-8,11-13H2,1-3H3,(H2,19,20,21);1H. The molecule has 0 amide bonds. The molecule has 130 valence electrons. The molecule has 0 aromatic heterocycles. The molecule has 2 rings (SSSR count). The van der Waals surface area contributed by atoms with E-state index >= 15 is 0 Å². The van der Waals surface area contributed by atoms with Gasteiger partial charge in [0.1, 0.15) is 5.75 Å². The predicted octanol–water partition coefficient (Wildman–Crippen LogP) is 3.60. The van der Waals surface area contributed by atoms with Crippen molar-refractivity contribution in [3.8, 4) is 5.75 Å². The molecule has 2 N–H and O–H groups in total. The van der Waals surface area contributed by atoms with Gasteiger partial charge in [0.05, 0.1) is 6.61 Å². The van der Waals surface area contributed by atoms with Gasteiger partial charge >= 0.3 is 0 Å². The van der Waals surface area contributed by atoms with Crippen LogP contribution in [-0.2, 0) is 6.42 Å². The number of hydrogen-bond donors (Lipinski definition) is 2. The Morgan fingerprint density at radius 3 is 2.52 bits per heavy atom. The average Bonchev–Trinajstić information content (AvgIpc) is 3.30. The number of halogens is 1. The molecule has 0 unspecified atom stereocenters. The zero-order valence-electron chi connectivity index (χ0n) is 14.5. The zero-order valence-corrected chi connectivity index (χ0v) is 16.8. The van der Waals surface area contributed by atoms with Crippen LogP contribution in [-0.4, -0.2) is 31.7 Å². The minimum atomic E-state index is 0. The lowest BCUT2D eigenvalue weighted by atomic mass is 10.1. The van der Waals surface area contributed by atoms with Gasteiger partial charge in [-0.15, -0.1) is 24.0 Å². The molecule has 1 saturated carbocycles. The quantitative estimate of drug-likeness (QED) is 0.376. The minimum absolute atomic E-state index is 0. The second-order valence-corrected chi connectivity index (χ2v) is 6.28. The number of nitrogens with zero attached hydrogens (tertiary/aromatic N) is 1. The third-order valence-corrected chi connectivity index (χ3v) is 3.44. The molecule has 0 heterocycles. The van der Waals surface area contributed by atoms with E-state index in [9.17, 15) is 0 Å². The smallest absolute Gasteiger partial charge is 0.191 e. The van der Waals surface area contributed by atoms with Crippen LogP contribution in [0.1, 0.15) is 39.2 Å². The molecule has 23 heavy (non-hydrogen) atoms. The van der Waals surface area contributed by atoms with Crippen molar-refractivity contribution in [2.75, 3.05) is 19.7 Å². The van der Waals surface area contributed by atoms with Gasteiger partial charge < -0.3 is 15.4 Å². The second kappa shape index (κ2) is 10.7. The number of hydrogen-bond acceptors (Lipinski definition) is 2. The summed E-state index contributed by atoms with van der Waals surface area (Å²) >= 11 is 0. The normalized spacial score (nSPS) is 14.3. The molecule has 1 fully saturated rings. The molecule has 0 saturated heterocycles. The van der Waals surface area contributed by atoms with Gasteiger partial charge in [-0.05, 0) is 49.8 Å². The van der Waals surface area contributed by atoms with Gasteiger partial charge in [-0.25, -0.2) is 0 Å². The number of benzene rings is 1. The summed E-state index contributed by atoms with van der Waals surface area (Å²) in [5.74, 6) is 2.45. The van der Waals surface area contributed by atoms with Crippen LogP contribution in [0.5, 0.6) is 5.75 Å². The van der Waals surface area contributed by atoms with Crippen molar-refractivity contribution in [2.24, 2.45) is 10.9 Å². The van der Waals surface area contributed by atoms with E-state index in [0.717, 1.165) is 37.8 Å². The molecule has 0 radical (unpaired) electrons. The fraction of sp³-hybridized carbons (Fsp3) is 0.611. The Morgan fingerprint density at radius 2 is 1.96 bits per heavy atom. The molecular formula is C18H30IN3O. The molecule has 1 aliphatic carbocycles. The van der Waals surface area contributed by atoms with Crippen molar-refractivity contribution in [3.05, 3.63) is 29.8 Å². The van der Waals surface area contributed by atoms with Gasteiger partial charge in [-0.2, -0.15) is 0 Å². The van der Waals surface area contributed by atoms with Gasteiger partial charge in [-0.3, -0.25) is 4.99 Å². The maximum atomic E-state index is 5.70. The fourth-order valence-corrected chi connectivity index (χ4v) is 2.05. The van der Waals surface area contributed by atoms with Crippen LogP contribution in [0.2, 0.25) is 0 Å². The molecule has 4 nitrogen and oxygen atoms in total. The van der Waals surface area contributed by atoms with E-state index in [1.54, 1.807) is 0 Å². The molecule has 1 aromatic rings. The summed E-state index contributed by atoms with van der Waals surface area (Å²) in [6.07, 6.45) is 3.48. The summed E-state index contributed by atoms with van der Waals surface area (Å²) < 4.78 is 5.70. The van der Waals surface area contributed by atoms with Crippen LogP contribution < -0.4 is 15.4 Å². The van der Waals surface area contributed by atoms with Crippen LogP contribution in [0.15, 0.2) is 29.3 Å². The maximum Gasteiger partial charge on any atom is 0.191 e. The highest BCUT2D eigenvalue weighted by Crippen LogP contribution is 2.18. The van der Waals surface area contributed by atoms with E-state index in [4.69, 9.17) is 4.74 Å². The molecule has 1 aromatic carbocycles. The Morgan fingerprint density at radius 1 is 1.26 bits per heavy atom. The first-order valence-electron chi connectivity index (χ1n) is 8.44. The Labute approximate surface area is 157 Å². The molecule has 1 aliphatic rings. The molecule has 0 atom stereocenters. The zero-order chi connectivity index (χ0) is 15.8. The molecule has 0 bridgehead atoms. The van der Waals surface area contributed by atoms with Crippen molar-refractivity contribution in [1.82, 2.24) is 10.6 Å². The Balaban J connectivity index is 0.00000264. The summed E-state index contributed by atoms with van der Waals surface area (Å²) in [4.78, 5) is 4.63. The highest BCUT2D eigenvalue weighted by Gasteiger charge is 2.21. The van der Waals surface area contributed by atoms with Gasteiger partial charge in [-0.1, -0.05) is 26.0 Å². The van der Waals surface area contributed by atoms with Crippen LogP contribution in [0.3, 0.4) is 0 Å². The molecule has 5 heteroatoms. The lowest BCUT2D eigenvalue weighted by Gasteiger charge is -2.10. The number of aliphatic imine (C=N–C) groups is 1. The highest BCUT2D eigenvalue weighted by atomic mass is 127. The first kappa shape index (κ1) is 20.1. The van der Waals surface area contributed by atoms with Crippen LogP contribution in [0.25, 0.3) is 0 Å². The SMILES string of the molecule is CCNC(=NCCc1ccc(OCC(C)C)cc1)NC1CC1.I. The predicted molar refractivity (Wildman–Crippen MR) is 108 cm³/mol. The van der Waals surface area contributed by atoms with Gasteiger partial charge in [0, 0.05) is 19.1 Å². The highest BCUT2D eigenvalue weighted by molar-refractivity contribution is 14.0. The van der Waals surface area contributed by atoms with Crippen molar-refractivity contribution >= 4 is 29.9 Å². The van der Waals surface area contributed by atoms with E-state index in [1.807, 2.05) is 0 Å². The monoisotopic (exact) mass is 431 g/mol. The molecule has 0 aliphatic heterocycles. The number of rotatable bonds is 8. The number of nitrogens with one attached hydrogen (secondary N) is 2. The Kier molecular flexibility index (Phi) is 9.36. The molecular weight excluding hydrogens is 401 g/mol. The summed E-state index contributed by atoms with van der Waals surface area (Å²) in [6.45, 7) is 8.88. The van der Waals surface area contributed by atoms with Crippen molar-refractivity contribution in [2.45, 2.75) is 46.1 Å². The van der Waals surface area contributed by atoms with Crippen LogP contribution >= 0.6 is 24.0 Å². The molecule has 0 spiro atoms. The van der Waals surface area contributed by atoms with Crippen LogP contribution in [0, 0.1) is 5.92 Å². The summed E-state index contributed by atoms with van der Waals surface area (Å²) in [7, 11) is 0. The first-order chi connectivity index (χ1) is 10.7. The lowest BCUT2D eigenvalue weighted by molar-refractivity contribution is 0.271. The van der Waals surface area contributed by atoms with E-state index in [0.29, 0.717) is 12.0 Å². The topological polar surface area (TPSA) is 45.7 Å². The largest absolute Gasteiger partial charge is 0.493 e. The first-order valence-corrected chi connectivity index (χ1v) is 8.44. The van der Waals surface area contributed by atoms with Gasteiger partial charge in [0.2, 0.25) is 0 Å². The number of guanidine groups is 1. The summed E-state index contributed by atoms with van der Waals surface area (Å²) in [5.41, 5.74) is 1.29. The number of ether oxygens (including phenoxy) is 1. The Hall–Kier alpha value is -0.980. The van der Waals surface area contributed by atoms with E-state index < -0.39 is 0 Å². The average molecular weight is 431 g/mol. The van der Waals surface area contributed by atoms with Gasteiger partial charge in [0.15, 0.2) is 5.96 Å². The van der Waals surface area contributed by atoms with Crippen LogP contribution in [0.4, 0.5) is 0 Å². The Bertz CT molecular complexity index is 470. The second-order valence-electron chi connectivity index (χ2n) is 6.28. The fourth-order valence-electron chi connectivity index (χ4n) is 2.05. The van der Waals surface area contributed by atoms with Gasteiger partial charge in [0.25, 0.3) is 0 Å². The summed E-state index contributed by atoms with van der Waals surface area (Å²) in [6, 6.07) is 9.00. The van der Waals surface area contributed by atoms with E-state index in [1.165, 1.54) is 18.4 Å². The minimum Gasteiger partial charge on any atom is -0.493 e. The third kappa shape index (κ3) is 8.44. The third-order valence-electron chi connectivity index (χ3n) is 3.44. The van der Waals surface area contributed by atoms with Crippen molar-refractivity contribution < 1.29 is 4.74 Å².